The third-order valence-corrected chi connectivity index (χ3v) is 3.45. The van der Waals surface area contributed by atoms with Gasteiger partial charge in [0.25, 0.3) is 0 Å². The summed E-state index contributed by atoms with van der Waals surface area (Å²) in [4.78, 5) is 0. The van der Waals surface area contributed by atoms with Crippen molar-refractivity contribution in [1.82, 2.24) is 0 Å². The molecule has 0 heterocycles. The van der Waals surface area contributed by atoms with Crippen LogP contribution in [0.5, 0.6) is 0 Å². The van der Waals surface area contributed by atoms with Crippen LogP contribution in [0.2, 0.25) is 0 Å². The van der Waals surface area contributed by atoms with Crippen LogP contribution in [0.4, 0.5) is 0 Å². The van der Waals surface area contributed by atoms with E-state index in [1.54, 1.807) is 0 Å². The summed E-state index contributed by atoms with van der Waals surface area (Å²) in [7, 11) is 0. The van der Waals surface area contributed by atoms with Gasteiger partial charge in [-0.1, -0.05) is 12.2 Å². The topological polar surface area (TPSA) is 49.7 Å². The maximum Gasteiger partial charge on any atom is 0.143 e. The Kier molecular flexibility index (Phi) is 2.91. The highest BCUT2D eigenvalue weighted by Gasteiger charge is 2.41. The summed E-state index contributed by atoms with van der Waals surface area (Å²) in [5, 5.41) is 18.1. The van der Waals surface area contributed by atoms with Crippen molar-refractivity contribution in [3.63, 3.8) is 0 Å². The molecule has 2 aliphatic rings. The fraction of sp³-hybridized carbons (Fsp3) is 0.818. The van der Waals surface area contributed by atoms with Gasteiger partial charge in [-0.2, -0.15) is 0 Å². The van der Waals surface area contributed by atoms with E-state index in [-0.39, 0.29) is 18.8 Å². The average Bonchev–Trinajstić information content (AvgIpc) is 2.74. The molecular formula is C11H18O3. The molecule has 0 amide bonds. The average molecular weight is 198 g/mol. The number of aliphatic hydroxyl groups is 2. The molecule has 1 saturated carbocycles. The van der Waals surface area contributed by atoms with Crippen molar-refractivity contribution in [3.8, 4) is 0 Å². The zero-order valence-electron chi connectivity index (χ0n) is 8.35. The summed E-state index contributed by atoms with van der Waals surface area (Å²) in [5.41, 5.74) is 0.239. The second-order valence-corrected chi connectivity index (χ2v) is 4.58. The summed E-state index contributed by atoms with van der Waals surface area (Å²) >= 11 is 0. The van der Waals surface area contributed by atoms with Gasteiger partial charge >= 0.3 is 0 Å². The van der Waals surface area contributed by atoms with E-state index in [2.05, 4.69) is 12.2 Å². The predicted octanol–water partition coefficient (Wildman–Crippen LogP) is 1.06. The normalized spacial score (nSPS) is 36.6. The number of fused-ring (bicyclic) bond motifs is 2. The minimum absolute atomic E-state index is 0.239. The molecule has 3 nitrogen and oxygen atoms in total. The van der Waals surface area contributed by atoms with Crippen LogP contribution in [0, 0.1) is 11.3 Å². The van der Waals surface area contributed by atoms with Crippen molar-refractivity contribution in [2.75, 3.05) is 13.4 Å². The first-order chi connectivity index (χ1) is 6.74. The van der Waals surface area contributed by atoms with Crippen molar-refractivity contribution in [2.24, 2.45) is 11.3 Å². The van der Waals surface area contributed by atoms with Crippen LogP contribution < -0.4 is 0 Å². The third-order valence-electron chi connectivity index (χ3n) is 3.45. The lowest BCUT2D eigenvalue weighted by Gasteiger charge is -2.26. The van der Waals surface area contributed by atoms with Gasteiger partial charge in [0.1, 0.15) is 6.79 Å². The van der Waals surface area contributed by atoms with Gasteiger partial charge in [-0.3, -0.25) is 0 Å². The van der Waals surface area contributed by atoms with Crippen molar-refractivity contribution in [2.45, 2.75) is 31.8 Å². The summed E-state index contributed by atoms with van der Waals surface area (Å²) in [6.45, 7) is -0.0563. The van der Waals surface area contributed by atoms with Crippen LogP contribution in [0.3, 0.4) is 0 Å². The van der Waals surface area contributed by atoms with E-state index in [0.717, 1.165) is 12.3 Å². The first kappa shape index (κ1) is 10.1. The molecule has 0 aromatic carbocycles. The standard InChI is InChI=1S/C11H18O3/c12-8-14-7-10(13)6-11-3-1-9(5-11)2-4-11/h1,3,9-10,12-13H,2,4-8H2. The van der Waals surface area contributed by atoms with Crippen molar-refractivity contribution < 1.29 is 14.9 Å². The van der Waals surface area contributed by atoms with Gasteiger partial charge in [0, 0.05) is 0 Å². The monoisotopic (exact) mass is 198 g/mol. The maximum atomic E-state index is 9.69. The zero-order valence-corrected chi connectivity index (χ0v) is 8.35. The van der Waals surface area contributed by atoms with Crippen molar-refractivity contribution >= 4 is 0 Å². The molecule has 3 heteroatoms. The van der Waals surface area contributed by atoms with Gasteiger partial charge in [0.15, 0.2) is 0 Å². The van der Waals surface area contributed by atoms with E-state index in [4.69, 9.17) is 9.84 Å². The van der Waals surface area contributed by atoms with E-state index in [1.165, 1.54) is 19.3 Å². The summed E-state index contributed by atoms with van der Waals surface area (Å²) in [5.74, 6) is 0.751. The van der Waals surface area contributed by atoms with Crippen molar-refractivity contribution in [1.29, 1.82) is 0 Å². The Balaban J connectivity index is 1.82. The van der Waals surface area contributed by atoms with Gasteiger partial charge in [0.05, 0.1) is 12.7 Å². The molecule has 0 spiro atoms. The van der Waals surface area contributed by atoms with Gasteiger partial charge in [-0.25, -0.2) is 0 Å². The third kappa shape index (κ3) is 2.00. The molecule has 3 unspecified atom stereocenters. The summed E-state index contributed by atoms with van der Waals surface area (Å²) < 4.78 is 4.79. The lowest BCUT2D eigenvalue weighted by molar-refractivity contribution is -0.0496. The molecule has 2 rings (SSSR count). The SMILES string of the molecule is OCOCC(O)CC12C=CC(CC1)C2. The Hall–Kier alpha value is -0.380. The molecule has 0 aromatic heterocycles. The molecule has 0 aliphatic heterocycles. The van der Waals surface area contributed by atoms with E-state index >= 15 is 0 Å². The highest BCUT2D eigenvalue weighted by atomic mass is 16.6. The Bertz CT molecular complexity index is 227. The Morgan fingerprint density at radius 3 is 2.93 bits per heavy atom. The van der Waals surface area contributed by atoms with Gasteiger partial charge in [-0.15, -0.1) is 0 Å². The summed E-state index contributed by atoms with van der Waals surface area (Å²) in [6, 6.07) is 0. The molecule has 2 aliphatic carbocycles. The number of hydrogen-bond donors (Lipinski definition) is 2. The molecular weight excluding hydrogens is 180 g/mol. The molecule has 0 aromatic rings. The zero-order chi connectivity index (χ0) is 10.0. The molecule has 2 bridgehead atoms. The minimum atomic E-state index is -0.441. The molecule has 2 N–H and O–H groups in total. The first-order valence-electron chi connectivity index (χ1n) is 5.30. The molecule has 3 atom stereocenters. The van der Waals surface area contributed by atoms with Gasteiger partial charge in [-0.05, 0) is 37.0 Å². The van der Waals surface area contributed by atoms with Gasteiger partial charge < -0.3 is 14.9 Å². The number of hydrogen-bond acceptors (Lipinski definition) is 3. The highest BCUT2D eigenvalue weighted by Crippen LogP contribution is 2.51. The quantitative estimate of drug-likeness (QED) is 0.513. The Labute approximate surface area is 84.4 Å². The van der Waals surface area contributed by atoms with E-state index in [0.29, 0.717) is 0 Å². The Morgan fingerprint density at radius 1 is 1.57 bits per heavy atom. The molecule has 0 radical (unpaired) electrons. The minimum Gasteiger partial charge on any atom is -0.391 e. The number of aliphatic hydroxyl groups excluding tert-OH is 2. The maximum absolute atomic E-state index is 9.69. The molecule has 80 valence electrons. The number of allylic oxidation sites excluding steroid dienone is 2. The predicted molar refractivity (Wildman–Crippen MR) is 52.6 cm³/mol. The van der Waals surface area contributed by atoms with Crippen LogP contribution in [-0.4, -0.2) is 29.7 Å². The van der Waals surface area contributed by atoms with E-state index < -0.39 is 6.10 Å². The number of rotatable bonds is 5. The van der Waals surface area contributed by atoms with E-state index in [1.807, 2.05) is 0 Å². The fourth-order valence-electron chi connectivity index (χ4n) is 2.83. The second-order valence-electron chi connectivity index (χ2n) is 4.58. The molecule has 0 saturated heterocycles. The number of ether oxygens (including phenoxy) is 1. The van der Waals surface area contributed by atoms with Crippen LogP contribution in [0.15, 0.2) is 12.2 Å². The summed E-state index contributed by atoms with van der Waals surface area (Å²) in [6.07, 6.45) is 8.55. The Morgan fingerprint density at radius 2 is 2.43 bits per heavy atom. The lowest BCUT2D eigenvalue weighted by Crippen LogP contribution is -2.25. The largest absolute Gasteiger partial charge is 0.391 e. The van der Waals surface area contributed by atoms with Crippen LogP contribution in [0.1, 0.15) is 25.7 Å². The fourth-order valence-corrected chi connectivity index (χ4v) is 2.83. The smallest absolute Gasteiger partial charge is 0.143 e. The first-order valence-corrected chi connectivity index (χ1v) is 5.30. The van der Waals surface area contributed by atoms with Crippen LogP contribution in [-0.2, 0) is 4.74 Å². The molecule has 14 heavy (non-hydrogen) atoms. The van der Waals surface area contributed by atoms with Crippen molar-refractivity contribution in [3.05, 3.63) is 12.2 Å². The van der Waals surface area contributed by atoms with Gasteiger partial charge in [0.2, 0.25) is 0 Å². The van der Waals surface area contributed by atoms with E-state index in [9.17, 15) is 5.11 Å². The second kappa shape index (κ2) is 4.01. The highest BCUT2D eigenvalue weighted by molar-refractivity contribution is 5.15. The van der Waals surface area contributed by atoms with Crippen LogP contribution >= 0.6 is 0 Å². The molecule has 1 fully saturated rings. The van der Waals surface area contributed by atoms with Crippen LogP contribution in [0.25, 0.3) is 0 Å². The lowest BCUT2D eigenvalue weighted by atomic mass is 9.82.